The van der Waals surface area contributed by atoms with E-state index in [1.807, 2.05) is 0 Å². The van der Waals surface area contributed by atoms with Crippen LogP contribution in [0.3, 0.4) is 0 Å². The van der Waals surface area contributed by atoms with Gasteiger partial charge in [-0.05, 0) is 67.6 Å². The quantitative estimate of drug-likeness (QED) is 0.179. The molecule has 2 atom stereocenters. The molecule has 7 rings (SSSR count). The Kier molecular flexibility index (Phi) is 7.85. The summed E-state index contributed by atoms with van der Waals surface area (Å²) in [6.45, 7) is 1.71. The Bertz CT molecular complexity index is 2480. The summed E-state index contributed by atoms with van der Waals surface area (Å²) in [5, 5.41) is 6.69. The largest absolute Gasteiger partial charge is 0.469 e. The van der Waals surface area contributed by atoms with Crippen LogP contribution in [0.5, 0.6) is 0 Å². The van der Waals surface area contributed by atoms with Gasteiger partial charge in [0.1, 0.15) is 34.8 Å². The van der Waals surface area contributed by atoms with Gasteiger partial charge in [-0.1, -0.05) is 6.07 Å². The summed E-state index contributed by atoms with van der Waals surface area (Å²) in [5.41, 5.74) is 3.75. The van der Waals surface area contributed by atoms with Crippen LogP contribution in [-0.2, 0) is 19.6 Å². The van der Waals surface area contributed by atoms with Crippen molar-refractivity contribution in [1.82, 2.24) is 14.9 Å². The fraction of sp³-hybridized carbons (Fsp3) is 0.194. The molecule has 2 N–H and O–H groups in total. The predicted octanol–water partition coefficient (Wildman–Crippen LogP) is 6.55. The first-order chi connectivity index (χ1) is 23.8. The number of rotatable bonds is 7. The Balaban J connectivity index is 1.49. The van der Waals surface area contributed by atoms with Crippen molar-refractivity contribution in [3.8, 4) is 34.0 Å². The number of benzene rings is 3. The van der Waals surface area contributed by atoms with Gasteiger partial charge >= 0.3 is 5.97 Å². The second-order valence-corrected chi connectivity index (χ2v) is 14.1. The van der Waals surface area contributed by atoms with Gasteiger partial charge in [-0.15, -0.1) is 0 Å². The number of carbonyl (C=O) groups excluding carboxylic acids is 2. The number of pyridine rings is 1. The number of halogens is 2. The molecule has 0 saturated carbocycles. The van der Waals surface area contributed by atoms with Gasteiger partial charge in [0.2, 0.25) is 10.0 Å². The average molecular weight is 700 g/mol. The topological polar surface area (TPSA) is 136 Å². The van der Waals surface area contributed by atoms with E-state index in [0.29, 0.717) is 50.2 Å². The normalized spacial score (nSPS) is 14.5. The Morgan fingerprint density at radius 1 is 1.06 bits per heavy atom. The number of furan rings is 1. The summed E-state index contributed by atoms with van der Waals surface area (Å²) in [4.78, 5) is 31.0. The molecule has 50 heavy (non-hydrogen) atoms. The molecule has 14 heteroatoms. The molecular formula is C36H31F2N5O6S. The molecule has 0 saturated heterocycles. The zero-order chi connectivity index (χ0) is 35.6. The van der Waals surface area contributed by atoms with E-state index in [-0.39, 0.29) is 22.6 Å². The predicted molar refractivity (Wildman–Crippen MR) is 186 cm³/mol. The van der Waals surface area contributed by atoms with Crippen molar-refractivity contribution in [2.45, 2.75) is 13.1 Å². The number of hydrogen-bond acceptors (Lipinski definition) is 8. The molecule has 11 nitrogen and oxygen atoms in total. The van der Waals surface area contributed by atoms with E-state index < -0.39 is 45.6 Å². The first kappa shape index (κ1) is 32.8. The Morgan fingerprint density at radius 2 is 1.80 bits per heavy atom. The van der Waals surface area contributed by atoms with Crippen LogP contribution in [0.15, 0.2) is 77.2 Å². The van der Waals surface area contributed by atoms with Gasteiger partial charge in [-0.3, -0.25) is 13.9 Å². The molecule has 1 amide bonds. The second-order valence-electron chi connectivity index (χ2n) is 12.1. The molecular weight excluding hydrogens is 668 g/mol. The molecule has 3 aromatic heterocycles. The summed E-state index contributed by atoms with van der Waals surface area (Å²) >= 11 is 0. The number of methoxy groups -OCH3 is 1. The molecule has 0 bridgehead atoms. The smallest absolute Gasteiger partial charge is 0.312 e. The van der Waals surface area contributed by atoms with E-state index >= 15 is 4.39 Å². The van der Waals surface area contributed by atoms with E-state index in [0.717, 1.165) is 10.6 Å². The third-order valence-corrected chi connectivity index (χ3v) is 10.3. The number of nitrogens with zero attached hydrogens (tertiary/aromatic N) is 3. The van der Waals surface area contributed by atoms with Gasteiger partial charge < -0.3 is 24.4 Å². The van der Waals surface area contributed by atoms with Crippen molar-refractivity contribution >= 4 is 55.1 Å². The fourth-order valence-electron chi connectivity index (χ4n) is 6.44. The number of esters is 1. The lowest BCUT2D eigenvalue weighted by Crippen LogP contribution is -2.33. The van der Waals surface area contributed by atoms with Gasteiger partial charge in [-0.25, -0.2) is 22.2 Å². The van der Waals surface area contributed by atoms with Crippen molar-refractivity contribution in [1.29, 1.82) is 0 Å². The van der Waals surface area contributed by atoms with Crippen molar-refractivity contribution in [2.24, 2.45) is 5.92 Å². The maximum absolute atomic E-state index is 15.2. The van der Waals surface area contributed by atoms with Crippen molar-refractivity contribution in [2.75, 3.05) is 37.1 Å². The summed E-state index contributed by atoms with van der Waals surface area (Å²) in [5.74, 6) is -2.36. The summed E-state index contributed by atoms with van der Waals surface area (Å²) in [6.07, 6.45) is 0.411. The third-order valence-electron chi connectivity index (χ3n) is 9.08. The number of carbonyl (C=O) groups is 2. The first-order valence-electron chi connectivity index (χ1n) is 15.5. The van der Waals surface area contributed by atoms with Crippen molar-refractivity contribution in [3.63, 3.8) is 0 Å². The maximum Gasteiger partial charge on any atom is 0.312 e. The zero-order valence-corrected chi connectivity index (χ0v) is 28.4. The third kappa shape index (κ3) is 5.23. The second kappa shape index (κ2) is 12.0. The summed E-state index contributed by atoms with van der Waals surface area (Å²) in [6, 6.07) is 18.4. The standard InChI is InChI=1S/C36H31F2N5O6S/c1-18(36(45)48-4)34-41-26-14-13-25(40-32(26)29-16-21-24(38)7-6-8-27(21)43(29)34)22-15-23-30(17-28(22)42(3)50(5,46)47)49-33(31(23)35(44)39-2)19-9-11-20(37)12-10-19/h6-18,34,41H,1-5H3,(H,39,44). The first-order valence-corrected chi connectivity index (χ1v) is 17.3. The highest BCUT2D eigenvalue weighted by molar-refractivity contribution is 7.92. The zero-order valence-electron chi connectivity index (χ0n) is 27.5. The fourth-order valence-corrected chi connectivity index (χ4v) is 6.94. The highest BCUT2D eigenvalue weighted by Gasteiger charge is 2.35. The number of ether oxygens (including phenoxy) is 1. The van der Waals surface area contributed by atoms with Crippen LogP contribution >= 0.6 is 0 Å². The molecule has 2 unspecified atom stereocenters. The molecule has 3 aromatic carbocycles. The van der Waals surface area contributed by atoms with E-state index in [1.54, 1.807) is 47.9 Å². The summed E-state index contributed by atoms with van der Waals surface area (Å²) in [7, 11) is 0.353. The molecule has 0 aliphatic carbocycles. The van der Waals surface area contributed by atoms with Crippen LogP contribution in [-0.4, -0.2) is 57.3 Å². The number of aromatic nitrogens is 2. The molecule has 4 heterocycles. The van der Waals surface area contributed by atoms with Crippen LogP contribution in [0.2, 0.25) is 0 Å². The highest BCUT2D eigenvalue weighted by atomic mass is 32.2. The van der Waals surface area contributed by atoms with Crippen molar-refractivity contribution in [3.05, 3.63) is 90.0 Å². The average Bonchev–Trinajstić information content (AvgIpc) is 3.69. The van der Waals surface area contributed by atoms with Gasteiger partial charge in [0.25, 0.3) is 5.91 Å². The molecule has 1 aliphatic rings. The van der Waals surface area contributed by atoms with Crippen LogP contribution in [0.1, 0.15) is 23.4 Å². The van der Waals surface area contributed by atoms with E-state index in [2.05, 4.69) is 10.6 Å². The SMILES string of the molecule is CNC(=O)c1c(-c2ccc(F)cc2)oc2cc(N(C)S(C)(=O)=O)c(-c3ccc4c(n3)-c3cc5c(F)cccc5n3C(C(C)C(=O)OC)N4)cc12. The Hall–Kier alpha value is -5.76. The van der Waals surface area contributed by atoms with Crippen LogP contribution < -0.4 is 14.9 Å². The monoisotopic (exact) mass is 699 g/mol. The molecule has 0 fully saturated rings. The molecule has 6 aromatic rings. The number of nitrogens with one attached hydrogen (secondary N) is 2. The Labute approximate surface area is 285 Å². The number of hydrogen-bond donors (Lipinski definition) is 2. The van der Waals surface area contributed by atoms with Crippen LogP contribution in [0.25, 0.3) is 55.8 Å². The number of amides is 1. The van der Waals surface area contributed by atoms with Crippen LogP contribution in [0.4, 0.5) is 20.2 Å². The minimum atomic E-state index is -3.81. The minimum Gasteiger partial charge on any atom is -0.469 e. The van der Waals surface area contributed by atoms with Gasteiger partial charge in [0.15, 0.2) is 0 Å². The van der Waals surface area contributed by atoms with E-state index in [4.69, 9.17) is 14.1 Å². The lowest BCUT2D eigenvalue weighted by Gasteiger charge is -2.33. The van der Waals surface area contributed by atoms with Gasteiger partial charge in [0.05, 0.1) is 53.1 Å². The number of fused-ring (bicyclic) bond motifs is 6. The minimum absolute atomic E-state index is 0.166. The van der Waals surface area contributed by atoms with Crippen molar-refractivity contribution < 1.29 is 35.9 Å². The lowest BCUT2D eigenvalue weighted by atomic mass is 9.99. The van der Waals surface area contributed by atoms with Crippen LogP contribution in [0, 0.1) is 17.6 Å². The number of anilines is 2. The van der Waals surface area contributed by atoms with E-state index in [1.165, 1.54) is 57.6 Å². The summed E-state index contributed by atoms with van der Waals surface area (Å²) < 4.78 is 68.9. The van der Waals surface area contributed by atoms with Gasteiger partial charge in [-0.2, -0.15) is 0 Å². The maximum atomic E-state index is 15.2. The lowest BCUT2D eigenvalue weighted by molar-refractivity contribution is -0.146. The molecule has 1 aliphatic heterocycles. The van der Waals surface area contributed by atoms with E-state index in [9.17, 15) is 22.4 Å². The van der Waals surface area contributed by atoms with Gasteiger partial charge in [0, 0.05) is 42.1 Å². The highest BCUT2D eigenvalue weighted by Crippen LogP contribution is 2.45. The number of sulfonamides is 1. The Morgan fingerprint density at radius 3 is 2.48 bits per heavy atom. The molecule has 0 radical (unpaired) electrons. The molecule has 0 spiro atoms. The molecule has 256 valence electrons.